The molecular weight excluding hydrogens is 402 g/mol. The molecule has 0 radical (unpaired) electrons. The van der Waals surface area contributed by atoms with Crippen LogP contribution in [0.1, 0.15) is 29.7 Å². The zero-order valence-corrected chi connectivity index (χ0v) is 17.3. The number of piperazine rings is 1. The van der Waals surface area contributed by atoms with Gasteiger partial charge >= 0.3 is 0 Å². The first-order valence-corrected chi connectivity index (χ1v) is 10.4. The predicted octanol–water partition coefficient (Wildman–Crippen LogP) is 2.85. The highest BCUT2D eigenvalue weighted by atomic mass is 35.5. The highest BCUT2D eigenvalue weighted by Gasteiger charge is 2.56. The highest BCUT2D eigenvalue weighted by Crippen LogP contribution is 2.48. The largest absolute Gasteiger partial charge is 0.395 e. The minimum atomic E-state index is -1.14. The number of rotatable bonds is 3. The molecule has 154 valence electrons. The van der Waals surface area contributed by atoms with E-state index in [1.807, 2.05) is 55.5 Å². The number of carbonyl (C=O) groups excluding carboxylic acids is 2. The van der Waals surface area contributed by atoms with Crippen molar-refractivity contribution in [2.24, 2.45) is 0 Å². The first kappa shape index (κ1) is 19.2. The zero-order valence-electron chi connectivity index (χ0n) is 16.6. The van der Waals surface area contributed by atoms with Crippen molar-refractivity contribution < 1.29 is 14.7 Å². The molecule has 0 aliphatic carbocycles. The standard InChI is InChI=1S/C23H22ClN3O3/c1-23-21-20(16-4-2-3-5-18(16)25-21)17(14-6-8-15(24)9-7-14)12-27(23)19(29)13-26(10-11-28)22(23)30/h2-9,17,25,28H,10-13H2,1H3/t17?,23-/m0/s1. The second-order valence-electron chi connectivity index (χ2n) is 8.09. The molecule has 0 bridgehead atoms. The van der Waals surface area contributed by atoms with Crippen LogP contribution in [0.15, 0.2) is 48.5 Å². The van der Waals surface area contributed by atoms with Gasteiger partial charge in [-0.15, -0.1) is 0 Å². The summed E-state index contributed by atoms with van der Waals surface area (Å²) >= 11 is 6.10. The molecule has 3 aromatic rings. The van der Waals surface area contributed by atoms with Crippen LogP contribution in [0.5, 0.6) is 0 Å². The van der Waals surface area contributed by atoms with Gasteiger partial charge in [0.25, 0.3) is 5.91 Å². The maximum absolute atomic E-state index is 13.5. The van der Waals surface area contributed by atoms with Crippen LogP contribution in [0.3, 0.4) is 0 Å². The van der Waals surface area contributed by atoms with Gasteiger partial charge in [-0.25, -0.2) is 0 Å². The summed E-state index contributed by atoms with van der Waals surface area (Å²) in [6.45, 7) is 2.16. The Kier molecular flexibility index (Phi) is 4.38. The minimum absolute atomic E-state index is 0.0160. The van der Waals surface area contributed by atoms with Crippen LogP contribution in [-0.4, -0.2) is 57.9 Å². The number of para-hydroxylation sites is 1. The average Bonchev–Trinajstić information content (AvgIpc) is 3.14. The molecule has 30 heavy (non-hydrogen) atoms. The van der Waals surface area contributed by atoms with Crippen LogP contribution in [0, 0.1) is 0 Å². The van der Waals surface area contributed by atoms with Crippen LogP contribution >= 0.6 is 11.6 Å². The number of nitrogens with zero attached hydrogens (tertiary/aromatic N) is 2. The summed E-state index contributed by atoms with van der Waals surface area (Å²) in [5.41, 5.74) is 2.63. The fourth-order valence-corrected chi connectivity index (χ4v) is 5.10. The molecule has 2 atom stereocenters. The van der Waals surface area contributed by atoms with Gasteiger partial charge in [0.2, 0.25) is 5.91 Å². The Morgan fingerprint density at radius 2 is 1.90 bits per heavy atom. The molecule has 0 spiro atoms. The predicted molar refractivity (Wildman–Crippen MR) is 114 cm³/mol. The van der Waals surface area contributed by atoms with E-state index in [1.165, 1.54) is 4.90 Å². The number of nitrogens with one attached hydrogen (secondary N) is 1. The second kappa shape index (κ2) is 6.86. The Hall–Kier alpha value is -2.83. The van der Waals surface area contributed by atoms with Crippen molar-refractivity contribution in [2.75, 3.05) is 26.2 Å². The van der Waals surface area contributed by atoms with Crippen molar-refractivity contribution in [1.82, 2.24) is 14.8 Å². The number of benzene rings is 2. The maximum atomic E-state index is 13.5. The molecule has 1 unspecified atom stereocenters. The number of halogens is 1. The van der Waals surface area contributed by atoms with Crippen molar-refractivity contribution in [3.8, 4) is 0 Å². The molecular formula is C23H22ClN3O3. The smallest absolute Gasteiger partial charge is 0.255 e. The van der Waals surface area contributed by atoms with Gasteiger partial charge in [0.1, 0.15) is 0 Å². The van der Waals surface area contributed by atoms with Gasteiger partial charge in [0.05, 0.1) is 18.8 Å². The maximum Gasteiger partial charge on any atom is 0.255 e. The fraction of sp³-hybridized carbons (Fsp3) is 0.304. The fourth-order valence-electron chi connectivity index (χ4n) is 4.97. The molecule has 2 N–H and O–H groups in total. The first-order chi connectivity index (χ1) is 14.4. The van der Waals surface area contributed by atoms with E-state index in [-0.39, 0.29) is 37.4 Å². The number of fused-ring (bicyclic) bond motifs is 5. The van der Waals surface area contributed by atoms with E-state index in [2.05, 4.69) is 4.98 Å². The van der Waals surface area contributed by atoms with Gasteiger partial charge < -0.3 is 19.9 Å². The molecule has 1 fully saturated rings. The van der Waals surface area contributed by atoms with Crippen LogP contribution in [0.25, 0.3) is 10.9 Å². The van der Waals surface area contributed by atoms with Gasteiger partial charge in [-0.05, 0) is 36.2 Å². The van der Waals surface area contributed by atoms with Gasteiger partial charge in [-0.3, -0.25) is 9.59 Å². The van der Waals surface area contributed by atoms with Crippen molar-refractivity contribution in [3.63, 3.8) is 0 Å². The van der Waals surface area contributed by atoms with Crippen molar-refractivity contribution in [2.45, 2.75) is 18.4 Å². The van der Waals surface area contributed by atoms with Crippen LogP contribution in [0.2, 0.25) is 5.02 Å². The van der Waals surface area contributed by atoms with Crippen molar-refractivity contribution in [3.05, 3.63) is 70.4 Å². The number of carbonyl (C=O) groups is 2. The van der Waals surface area contributed by atoms with Crippen molar-refractivity contribution in [1.29, 1.82) is 0 Å². The summed E-state index contributed by atoms with van der Waals surface area (Å²) in [5, 5.41) is 11.1. The molecule has 2 aliphatic heterocycles. The van der Waals surface area contributed by atoms with E-state index in [9.17, 15) is 14.7 Å². The first-order valence-electron chi connectivity index (χ1n) is 10.0. The molecule has 1 saturated heterocycles. The number of amides is 2. The van der Waals surface area contributed by atoms with Gasteiger partial charge in [-0.1, -0.05) is 41.9 Å². The average molecular weight is 424 g/mol. The Balaban J connectivity index is 1.76. The Labute approximate surface area is 179 Å². The molecule has 2 aromatic carbocycles. The number of hydrogen-bond acceptors (Lipinski definition) is 3. The third-order valence-electron chi connectivity index (χ3n) is 6.46. The summed E-state index contributed by atoms with van der Waals surface area (Å²) in [4.78, 5) is 33.3. The van der Waals surface area contributed by atoms with Gasteiger partial charge in [0.15, 0.2) is 5.54 Å². The van der Waals surface area contributed by atoms with Gasteiger partial charge in [-0.2, -0.15) is 0 Å². The lowest BCUT2D eigenvalue weighted by molar-refractivity contribution is -0.166. The molecule has 2 aliphatic rings. The third kappa shape index (κ3) is 2.60. The van der Waals surface area contributed by atoms with E-state index in [0.717, 1.165) is 27.7 Å². The van der Waals surface area contributed by atoms with Gasteiger partial charge in [0, 0.05) is 34.9 Å². The highest BCUT2D eigenvalue weighted by molar-refractivity contribution is 6.30. The summed E-state index contributed by atoms with van der Waals surface area (Å²) in [6, 6.07) is 15.6. The number of H-pyrrole nitrogens is 1. The molecule has 7 heteroatoms. The third-order valence-corrected chi connectivity index (χ3v) is 6.71. The molecule has 0 saturated carbocycles. The zero-order chi connectivity index (χ0) is 21.0. The monoisotopic (exact) mass is 423 g/mol. The number of aliphatic hydroxyl groups is 1. The summed E-state index contributed by atoms with van der Waals surface area (Å²) < 4.78 is 0. The number of β-amino-alcohol motifs (C(OH)–C–C–N with tert-alkyl or cyclic N) is 1. The lowest BCUT2D eigenvalue weighted by Gasteiger charge is -2.51. The van der Waals surface area contributed by atoms with E-state index >= 15 is 0 Å². The summed E-state index contributed by atoms with van der Waals surface area (Å²) in [7, 11) is 0. The topological polar surface area (TPSA) is 76.6 Å². The number of aromatic amines is 1. The Bertz CT molecular complexity index is 1160. The molecule has 5 rings (SSSR count). The molecule has 6 nitrogen and oxygen atoms in total. The molecule has 2 amide bonds. The van der Waals surface area contributed by atoms with Crippen LogP contribution in [0.4, 0.5) is 0 Å². The van der Waals surface area contributed by atoms with E-state index in [4.69, 9.17) is 11.6 Å². The lowest BCUT2D eigenvalue weighted by Crippen LogP contribution is -2.67. The van der Waals surface area contributed by atoms with E-state index < -0.39 is 5.54 Å². The Morgan fingerprint density at radius 3 is 2.63 bits per heavy atom. The second-order valence-corrected chi connectivity index (χ2v) is 8.53. The van der Waals surface area contributed by atoms with Crippen LogP contribution in [-0.2, 0) is 15.1 Å². The number of aromatic nitrogens is 1. The number of aliphatic hydroxyl groups excluding tert-OH is 1. The molecule has 3 heterocycles. The SMILES string of the molecule is C[C@]12C(=O)N(CCO)CC(=O)N1CC(c1ccc(Cl)cc1)c1c2[nH]c2ccccc12. The summed E-state index contributed by atoms with van der Waals surface area (Å²) in [5.74, 6) is -0.366. The normalized spacial score (nSPS) is 23.6. The quantitative estimate of drug-likeness (QED) is 0.680. The Morgan fingerprint density at radius 1 is 1.17 bits per heavy atom. The molecule has 1 aromatic heterocycles. The summed E-state index contributed by atoms with van der Waals surface area (Å²) in [6.07, 6.45) is 0. The van der Waals surface area contributed by atoms with Crippen LogP contribution < -0.4 is 0 Å². The van der Waals surface area contributed by atoms with Crippen molar-refractivity contribution >= 4 is 34.3 Å². The van der Waals surface area contributed by atoms with E-state index in [1.54, 1.807) is 4.90 Å². The van der Waals surface area contributed by atoms with E-state index in [0.29, 0.717) is 11.6 Å². The lowest BCUT2D eigenvalue weighted by atomic mass is 9.76. The minimum Gasteiger partial charge on any atom is -0.395 e. The number of hydrogen-bond donors (Lipinski definition) is 2.